The zero-order chi connectivity index (χ0) is 19.8. The summed E-state index contributed by atoms with van der Waals surface area (Å²) < 4.78 is 82.1. The van der Waals surface area contributed by atoms with E-state index in [2.05, 4.69) is 4.74 Å². The van der Waals surface area contributed by atoms with Gasteiger partial charge in [-0.05, 0) is 38.0 Å². The number of rotatable bonds is 4. The number of carbonyl (C=O) groups excluding carboxylic acids is 1. The number of esters is 1. The molecule has 0 radical (unpaired) electrons. The Labute approximate surface area is 147 Å². The molecule has 1 spiro atoms. The summed E-state index contributed by atoms with van der Waals surface area (Å²) in [6, 6.07) is 0. The Balaban J connectivity index is 2.04. The van der Waals surface area contributed by atoms with Crippen LogP contribution in [0.25, 0.3) is 0 Å². The molecule has 5 nitrogen and oxygen atoms in total. The number of aliphatic hydroxyl groups is 1. The van der Waals surface area contributed by atoms with Crippen LogP contribution in [-0.2, 0) is 19.0 Å². The monoisotopic (exact) mass is 390 g/mol. The molecule has 1 heterocycles. The van der Waals surface area contributed by atoms with Gasteiger partial charge in [-0.3, -0.25) is 4.79 Å². The summed E-state index contributed by atoms with van der Waals surface area (Å²) in [4.78, 5) is 11.7. The van der Waals surface area contributed by atoms with Crippen molar-refractivity contribution in [3.05, 3.63) is 0 Å². The molecule has 1 N–H and O–H groups in total. The van der Waals surface area contributed by atoms with Crippen LogP contribution >= 0.6 is 0 Å². The average molecular weight is 390 g/mol. The fraction of sp³-hybridized carbons (Fsp3) is 0.938. The van der Waals surface area contributed by atoms with E-state index in [1.165, 1.54) is 0 Å². The second kappa shape index (κ2) is 7.20. The average Bonchev–Trinajstić information content (AvgIpc) is 2.57. The molecule has 152 valence electrons. The Morgan fingerprint density at radius 2 is 1.85 bits per heavy atom. The topological polar surface area (TPSA) is 65.0 Å². The Kier molecular flexibility index (Phi) is 5.90. The molecule has 1 saturated carbocycles. The van der Waals surface area contributed by atoms with Gasteiger partial charge in [-0.1, -0.05) is 13.8 Å². The number of hydrogen-bond donors (Lipinski definition) is 1. The van der Waals surface area contributed by atoms with E-state index in [4.69, 9.17) is 9.47 Å². The maximum Gasteiger partial charge on any atom is 0.449 e. The lowest BCUT2D eigenvalue weighted by atomic mass is 9.72. The number of carbonyl (C=O) groups is 1. The molecule has 26 heavy (non-hydrogen) atoms. The van der Waals surface area contributed by atoms with E-state index in [1.807, 2.05) is 6.92 Å². The third-order valence-corrected chi connectivity index (χ3v) is 5.37. The van der Waals surface area contributed by atoms with Gasteiger partial charge in [0.15, 0.2) is 6.79 Å². The Morgan fingerprint density at radius 1 is 1.27 bits per heavy atom. The minimum absolute atomic E-state index is 0.0187. The first kappa shape index (κ1) is 21.3. The van der Waals surface area contributed by atoms with Crippen LogP contribution in [0.1, 0.15) is 46.0 Å². The van der Waals surface area contributed by atoms with Crippen LogP contribution in [0.3, 0.4) is 0 Å². The fourth-order valence-corrected chi connectivity index (χ4v) is 3.26. The van der Waals surface area contributed by atoms with Crippen molar-refractivity contribution in [1.29, 1.82) is 0 Å². The third kappa shape index (κ3) is 3.43. The molecule has 0 amide bonds. The van der Waals surface area contributed by atoms with E-state index in [-0.39, 0.29) is 31.3 Å². The molecule has 2 unspecified atom stereocenters. The first-order valence-corrected chi connectivity index (χ1v) is 8.51. The summed E-state index contributed by atoms with van der Waals surface area (Å²) in [7, 11) is 0. The first-order chi connectivity index (χ1) is 11.9. The number of ether oxygens (including phenoxy) is 3. The van der Waals surface area contributed by atoms with Crippen LogP contribution < -0.4 is 0 Å². The molecular formula is C16H23F5O5. The Morgan fingerprint density at radius 3 is 2.35 bits per heavy atom. The molecule has 1 aliphatic carbocycles. The van der Waals surface area contributed by atoms with Crippen molar-refractivity contribution >= 4 is 5.97 Å². The molecule has 2 aliphatic rings. The minimum Gasteiger partial charge on any atom is -0.465 e. The summed E-state index contributed by atoms with van der Waals surface area (Å²) in [5.74, 6) is -10.2. The van der Waals surface area contributed by atoms with Crippen LogP contribution in [0.15, 0.2) is 0 Å². The lowest BCUT2D eigenvalue weighted by molar-refractivity contribution is -0.504. The van der Waals surface area contributed by atoms with Gasteiger partial charge in [-0.15, -0.1) is 0 Å². The van der Waals surface area contributed by atoms with Gasteiger partial charge in [0.2, 0.25) is 0 Å². The van der Waals surface area contributed by atoms with E-state index >= 15 is 0 Å². The van der Waals surface area contributed by atoms with Gasteiger partial charge >= 0.3 is 23.9 Å². The smallest absolute Gasteiger partial charge is 0.449 e. The molecule has 0 aromatic rings. The highest BCUT2D eigenvalue weighted by atomic mass is 19.4. The van der Waals surface area contributed by atoms with E-state index in [0.29, 0.717) is 6.42 Å². The second-order valence-corrected chi connectivity index (χ2v) is 7.00. The van der Waals surface area contributed by atoms with Gasteiger partial charge in [0, 0.05) is 0 Å². The standard InChI is InChI=1S/C16H23F5O5/c1-3-10(2)12(22)24-8-11-4-6-13(7-5-11)14(17,18)15(23,16(19,20)21)26-9-25-13/h10-11,23H,3-9H2,1-2H3. The van der Waals surface area contributed by atoms with Crippen LogP contribution in [0, 0.1) is 11.8 Å². The maximum absolute atomic E-state index is 14.6. The highest BCUT2D eigenvalue weighted by Crippen LogP contribution is 2.56. The largest absolute Gasteiger partial charge is 0.465 e. The van der Waals surface area contributed by atoms with Gasteiger partial charge in [-0.25, -0.2) is 0 Å². The minimum atomic E-state index is -5.67. The van der Waals surface area contributed by atoms with Gasteiger partial charge in [0.05, 0.1) is 12.5 Å². The molecule has 10 heteroatoms. The van der Waals surface area contributed by atoms with Crippen molar-refractivity contribution in [3.8, 4) is 0 Å². The molecule has 1 aliphatic heterocycles. The summed E-state index contributed by atoms with van der Waals surface area (Å²) in [5.41, 5.74) is -2.47. The molecule has 0 aromatic heterocycles. The summed E-state index contributed by atoms with van der Waals surface area (Å²) in [6.45, 7) is 2.46. The molecule has 2 fully saturated rings. The normalized spacial score (nSPS) is 35.9. The predicted molar refractivity (Wildman–Crippen MR) is 78.1 cm³/mol. The van der Waals surface area contributed by atoms with Crippen molar-refractivity contribution in [2.75, 3.05) is 13.4 Å². The summed E-state index contributed by atoms with van der Waals surface area (Å²) in [5, 5.41) is 9.54. The van der Waals surface area contributed by atoms with Crippen LogP contribution in [0.5, 0.6) is 0 Å². The van der Waals surface area contributed by atoms with Gasteiger partial charge in [0.25, 0.3) is 0 Å². The number of halogens is 5. The SMILES string of the molecule is CCC(C)C(=O)OCC1CCC2(CC1)OCOC(O)(C(F)(F)F)C2(F)F. The molecule has 0 aromatic carbocycles. The van der Waals surface area contributed by atoms with E-state index in [0.717, 1.165) is 0 Å². The van der Waals surface area contributed by atoms with E-state index < -0.39 is 49.1 Å². The van der Waals surface area contributed by atoms with Crippen molar-refractivity contribution in [3.63, 3.8) is 0 Å². The van der Waals surface area contributed by atoms with Crippen LogP contribution in [0.2, 0.25) is 0 Å². The zero-order valence-electron chi connectivity index (χ0n) is 14.6. The van der Waals surface area contributed by atoms with Crippen LogP contribution in [-0.4, -0.2) is 48.0 Å². The van der Waals surface area contributed by atoms with Gasteiger partial charge in [0.1, 0.15) is 5.60 Å². The summed E-state index contributed by atoms with van der Waals surface area (Å²) >= 11 is 0. The van der Waals surface area contributed by atoms with Gasteiger partial charge < -0.3 is 19.3 Å². The van der Waals surface area contributed by atoms with Gasteiger partial charge in [-0.2, -0.15) is 22.0 Å². The second-order valence-electron chi connectivity index (χ2n) is 7.00. The van der Waals surface area contributed by atoms with Crippen molar-refractivity contribution in [2.45, 2.75) is 69.4 Å². The zero-order valence-corrected chi connectivity index (χ0v) is 14.6. The van der Waals surface area contributed by atoms with Crippen molar-refractivity contribution in [1.82, 2.24) is 0 Å². The maximum atomic E-state index is 14.6. The van der Waals surface area contributed by atoms with Crippen molar-refractivity contribution < 1.29 is 46.1 Å². The highest BCUT2D eigenvalue weighted by Gasteiger charge is 2.80. The molecule has 1 saturated heterocycles. The van der Waals surface area contributed by atoms with Crippen LogP contribution in [0.4, 0.5) is 22.0 Å². The quantitative estimate of drug-likeness (QED) is 0.589. The molecule has 0 bridgehead atoms. The predicted octanol–water partition coefficient (Wildman–Crippen LogP) is 3.40. The highest BCUT2D eigenvalue weighted by molar-refractivity contribution is 5.71. The van der Waals surface area contributed by atoms with E-state index in [1.54, 1.807) is 6.92 Å². The van der Waals surface area contributed by atoms with E-state index in [9.17, 15) is 31.9 Å². The molecule has 2 rings (SSSR count). The number of hydrogen-bond acceptors (Lipinski definition) is 5. The Bertz CT molecular complexity index is 516. The summed E-state index contributed by atoms with van der Waals surface area (Å²) in [6.07, 6.45) is -5.73. The lowest BCUT2D eigenvalue weighted by Crippen LogP contribution is -2.74. The Hall–Kier alpha value is -1.00. The molecular weight excluding hydrogens is 367 g/mol. The first-order valence-electron chi connectivity index (χ1n) is 8.51. The lowest BCUT2D eigenvalue weighted by Gasteiger charge is -2.53. The fourth-order valence-electron chi connectivity index (χ4n) is 3.26. The van der Waals surface area contributed by atoms with Crippen molar-refractivity contribution in [2.24, 2.45) is 11.8 Å². The third-order valence-electron chi connectivity index (χ3n) is 5.37. The molecule has 2 atom stereocenters. The number of alkyl halides is 5.